The van der Waals surface area contributed by atoms with Crippen LogP contribution in [0.15, 0.2) is 22.9 Å². The molecule has 0 bridgehead atoms. The first-order chi connectivity index (χ1) is 8.13. The maximum absolute atomic E-state index is 5.60. The van der Waals surface area contributed by atoms with Crippen molar-refractivity contribution >= 4 is 15.9 Å². The molecule has 7 heteroatoms. The van der Waals surface area contributed by atoms with Crippen molar-refractivity contribution in [1.29, 1.82) is 0 Å². The Morgan fingerprint density at radius 3 is 2.71 bits per heavy atom. The van der Waals surface area contributed by atoms with Crippen LogP contribution in [0.3, 0.4) is 0 Å². The molecule has 0 fully saturated rings. The predicted octanol–water partition coefficient (Wildman–Crippen LogP) is 0.834. The number of rotatable bonds is 3. The van der Waals surface area contributed by atoms with Crippen LogP contribution in [0.2, 0.25) is 0 Å². The second kappa shape index (κ2) is 4.91. The number of nitrogens with one attached hydrogen (secondary N) is 1. The highest BCUT2D eigenvalue weighted by atomic mass is 79.9. The van der Waals surface area contributed by atoms with Crippen LogP contribution in [0.5, 0.6) is 0 Å². The lowest BCUT2D eigenvalue weighted by Gasteiger charge is -2.16. The lowest BCUT2D eigenvalue weighted by Crippen LogP contribution is -2.30. The molecule has 0 saturated carbocycles. The second-order valence-electron chi connectivity index (χ2n) is 3.72. The first-order valence-corrected chi connectivity index (χ1v) is 5.86. The number of hydrogen-bond donors (Lipinski definition) is 2. The maximum Gasteiger partial charge on any atom is 0.153 e. The van der Waals surface area contributed by atoms with Gasteiger partial charge in [0.05, 0.1) is 11.7 Å². The minimum atomic E-state index is -0.197. The number of aromatic nitrogens is 4. The summed E-state index contributed by atoms with van der Waals surface area (Å²) in [5.41, 5.74) is 5.54. The minimum absolute atomic E-state index is 0.197. The van der Waals surface area contributed by atoms with Crippen molar-refractivity contribution in [2.45, 2.75) is 13.0 Å². The molecule has 3 N–H and O–H groups in total. The Hall–Kier alpha value is -1.31. The Labute approximate surface area is 107 Å². The minimum Gasteiger partial charge on any atom is -0.271 e. The van der Waals surface area contributed by atoms with E-state index in [1.54, 1.807) is 10.9 Å². The molecule has 17 heavy (non-hydrogen) atoms. The summed E-state index contributed by atoms with van der Waals surface area (Å²) in [5, 5.41) is 7.87. The highest BCUT2D eigenvalue weighted by molar-refractivity contribution is 9.10. The molecule has 0 aliphatic heterocycles. The Kier molecular flexibility index (Phi) is 3.51. The van der Waals surface area contributed by atoms with E-state index in [0.717, 1.165) is 17.0 Å². The number of hydrazine groups is 1. The first-order valence-electron chi connectivity index (χ1n) is 5.07. The summed E-state index contributed by atoms with van der Waals surface area (Å²) in [6, 6.07) is 3.72. The molecule has 0 aliphatic rings. The van der Waals surface area contributed by atoms with Gasteiger partial charge in [-0.1, -0.05) is 11.3 Å². The molecule has 2 rings (SSSR count). The average molecular weight is 297 g/mol. The van der Waals surface area contributed by atoms with E-state index < -0.39 is 0 Å². The van der Waals surface area contributed by atoms with Crippen molar-refractivity contribution in [3.8, 4) is 0 Å². The van der Waals surface area contributed by atoms with E-state index in [1.807, 2.05) is 26.1 Å². The summed E-state index contributed by atoms with van der Waals surface area (Å²) in [6.45, 7) is 1.94. The first kappa shape index (κ1) is 12.2. The number of nitrogens with zero attached hydrogens (tertiary/aromatic N) is 4. The van der Waals surface area contributed by atoms with Crippen LogP contribution in [0.25, 0.3) is 0 Å². The smallest absolute Gasteiger partial charge is 0.153 e. The number of pyridine rings is 1. The van der Waals surface area contributed by atoms with E-state index in [1.165, 1.54) is 0 Å². The van der Waals surface area contributed by atoms with E-state index in [4.69, 9.17) is 5.84 Å². The monoisotopic (exact) mass is 296 g/mol. The molecule has 1 atom stereocenters. The third-order valence-electron chi connectivity index (χ3n) is 2.53. The summed E-state index contributed by atoms with van der Waals surface area (Å²) in [7, 11) is 1.82. The van der Waals surface area contributed by atoms with Crippen LogP contribution in [-0.2, 0) is 7.05 Å². The molecule has 6 nitrogen and oxygen atoms in total. The van der Waals surface area contributed by atoms with E-state index in [2.05, 4.69) is 36.7 Å². The molecule has 0 aromatic carbocycles. The van der Waals surface area contributed by atoms with Crippen molar-refractivity contribution < 1.29 is 0 Å². The van der Waals surface area contributed by atoms with Gasteiger partial charge >= 0.3 is 0 Å². The molecule has 2 heterocycles. The lowest BCUT2D eigenvalue weighted by atomic mass is 10.1. The van der Waals surface area contributed by atoms with Gasteiger partial charge in [-0.3, -0.25) is 10.8 Å². The zero-order chi connectivity index (χ0) is 12.4. The molecule has 2 aromatic rings. The van der Waals surface area contributed by atoms with Gasteiger partial charge in [0.15, 0.2) is 4.60 Å². The molecule has 90 valence electrons. The Morgan fingerprint density at radius 1 is 1.47 bits per heavy atom. The van der Waals surface area contributed by atoms with Crippen molar-refractivity contribution in [2.75, 3.05) is 0 Å². The van der Waals surface area contributed by atoms with Gasteiger partial charge in [-0.25, -0.2) is 10.1 Å². The summed E-state index contributed by atoms with van der Waals surface area (Å²) in [4.78, 5) is 4.26. The van der Waals surface area contributed by atoms with Crippen LogP contribution in [0.4, 0.5) is 0 Å². The van der Waals surface area contributed by atoms with Gasteiger partial charge in [-0.05, 0) is 34.5 Å². The van der Waals surface area contributed by atoms with Crippen LogP contribution in [-0.4, -0.2) is 20.0 Å². The summed E-state index contributed by atoms with van der Waals surface area (Å²) in [5.74, 6) is 5.60. The molecule has 0 saturated heterocycles. The van der Waals surface area contributed by atoms with Gasteiger partial charge in [0.1, 0.15) is 0 Å². The van der Waals surface area contributed by atoms with E-state index in [9.17, 15) is 0 Å². The molecule has 0 amide bonds. The van der Waals surface area contributed by atoms with Gasteiger partial charge in [0, 0.05) is 18.9 Å². The lowest BCUT2D eigenvalue weighted by molar-refractivity contribution is 0.567. The van der Waals surface area contributed by atoms with Crippen molar-refractivity contribution in [2.24, 2.45) is 12.9 Å². The maximum atomic E-state index is 5.60. The average Bonchev–Trinajstić information content (AvgIpc) is 2.64. The Morgan fingerprint density at radius 2 is 2.24 bits per heavy atom. The fourth-order valence-corrected chi connectivity index (χ4v) is 2.18. The topological polar surface area (TPSA) is 81.6 Å². The third-order valence-corrected chi connectivity index (χ3v) is 3.10. The van der Waals surface area contributed by atoms with E-state index >= 15 is 0 Å². The number of halogens is 1. The molecule has 0 aliphatic carbocycles. The second-order valence-corrected chi connectivity index (χ2v) is 4.47. The van der Waals surface area contributed by atoms with Gasteiger partial charge in [0.2, 0.25) is 0 Å². The van der Waals surface area contributed by atoms with Gasteiger partial charge < -0.3 is 0 Å². The molecular weight excluding hydrogens is 284 g/mol. The van der Waals surface area contributed by atoms with E-state index in [-0.39, 0.29) is 6.04 Å². The van der Waals surface area contributed by atoms with Crippen molar-refractivity contribution in [3.63, 3.8) is 0 Å². The van der Waals surface area contributed by atoms with Crippen LogP contribution >= 0.6 is 15.9 Å². The normalized spacial score (nSPS) is 12.7. The third kappa shape index (κ3) is 2.36. The molecule has 1 unspecified atom stereocenters. The summed E-state index contributed by atoms with van der Waals surface area (Å²) in [6.07, 6.45) is 1.79. The number of aryl methyl sites for hydroxylation is 2. The van der Waals surface area contributed by atoms with Crippen molar-refractivity contribution in [3.05, 3.63) is 39.9 Å². The van der Waals surface area contributed by atoms with E-state index in [0.29, 0.717) is 4.60 Å². The van der Waals surface area contributed by atoms with Gasteiger partial charge in [-0.15, -0.1) is 5.10 Å². The zero-order valence-corrected chi connectivity index (χ0v) is 11.1. The Bertz CT molecular complexity index is 487. The van der Waals surface area contributed by atoms with Crippen LogP contribution < -0.4 is 11.3 Å². The van der Waals surface area contributed by atoms with Crippen LogP contribution in [0, 0.1) is 6.92 Å². The standard InChI is InChI=1S/C10H13BrN6/c1-6-3-4-7(5-13-6)8(14-12)9-10(11)15-16-17(9)2/h3-5,8,14H,12H2,1-2H3. The fraction of sp³-hybridized carbons (Fsp3) is 0.300. The van der Waals surface area contributed by atoms with Gasteiger partial charge in [-0.2, -0.15) is 0 Å². The van der Waals surface area contributed by atoms with Gasteiger partial charge in [0.25, 0.3) is 0 Å². The predicted molar refractivity (Wildman–Crippen MR) is 66.8 cm³/mol. The molecule has 0 spiro atoms. The zero-order valence-electron chi connectivity index (χ0n) is 9.55. The molecule has 0 radical (unpaired) electrons. The molecular formula is C10H13BrN6. The molecule has 2 aromatic heterocycles. The highest BCUT2D eigenvalue weighted by Gasteiger charge is 2.20. The SMILES string of the molecule is Cc1ccc(C(NN)c2c(Br)nnn2C)cn1. The highest BCUT2D eigenvalue weighted by Crippen LogP contribution is 2.25. The summed E-state index contributed by atoms with van der Waals surface area (Å²) < 4.78 is 2.34. The van der Waals surface area contributed by atoms with Crippen LogP contribution in [0.1, 0.15) is 23.0 Å². The van der Waals surface area contributed by atoms with Crippen molar-refractivity contribution in [1.82, 2.24) is 25.4 Å². The Balaban J connectivity index is 2.43. The fourth-order valence-electron chi connectivity index (χ4n) is 1.63. The largest absolute Gasteiger partial charge is 0.271 e. The summed E-state index contributed by atoms with van der Waals surface area (Å²) >= 11 is 3.36. The quantitative estimate of drug-likeness (QED) is 0.648. The number of nitrogens with two attached hydrogens (primary N) is 1. The number of hydrogen-bond acceptors (Lipinski definition) is 5.